The van der Waals surface area contributed by atoms with Crippen LogP contribution in [0.5, 0.6) is 11.5 Å². The predicted octanol–water partition coefficient (Wildman–Crippen LogP) is 6.57. The van der Waals surface area contributed by atoms with Crippen LogP contribution in [0.2, 0.25) is 0 Å². The molecule has 0 N–H and O–H groups in total. The molecular weight excluding hydrogens is 577 g/mol. The molecule has 4 rings (SSSR count). The zero-order chi connectivity index (χ0) is 29.9. The quantitative estimate of drug-likeness (QED) is 0.109. The molecule has 0 aliphatic carbocycles. The van der Waals surface area contributed by atoms with Crippen molar-refractivity contribution in [2.24, 2.45) is 5.92 Å². The normalized spacial score (nSPS) is 14.9. The van der Waals surface area contributed by atoms with Crippen molar-refractivity contribution in [1.29, 1.82) is 0 Å². The van der Waals surface area contributed by atoms with Gasteiger partial charge in [0.25, 0.3) is 12.4 Å². The first-order valence-corrected chi connectivity index (χ1v) is 14.7. The molecule has 1 saturated heterocycles. The molecule has 1 unspecified atom stereocenters. The highest BCUT2D eigenvalue weighted by Gasteiger charge is 2.32. The SMILES string of the molecule is CC(C)COCC(Oc1cc(/C=C2\SC(=S)N(COC=O)C2=O)ccc1OCCc1ccc(F)cc1)c1ccccc1. The Bertz CT molecular complexity index is 1400. The summed E-state index contributed by atoms with van der Waals surface area (Å²) in [5, 5.41) is 0. The van der Waals surface area contributed by atoms with E-state index in [0.29, 0.717) is 58.4 Å². The topological polar surface area (TPSA) is 74.3 Å². The van der Waals surface area contributed by atoms with E-state index in [1.807, 2.05) is 36.4 Å². The molecule has 0 bridgehead atoms. The largest absolute Gasteiger partial charge is 0.489 e. The summed E-state index contributed by atoms with van der Waals surface area (Å²) < 4.78 is 37.0. The lowest BCUT2D eigenvalue weighted by molar-refractivity contribution is -0.135. The minimum Gasteiger partial charge on any atom is -0.489 e. The maximum atomic E-state index is 13.3. The number of hydrogen-bond donors (Lipinski definition) is 0. The van der Waals surface area contributed by atoms with Gasteiger partial charge in [-0.3, -0.25) is 14.5 Å². The Morgan fingerprint density at radius 1 is 1.00 bits per heavy atom. The maximum Gasteiger partial charge on any atom is 0.294 e. The molecule has 1 heterocycles. The fourth-order valence-electron chi connectivity index (χ4n) is 4.05. The first-order chi connectivity index (χ1) is 20.3. The monoisotopic (exact) mass is 609 g/mol. The van der Waals surface area contributed by atoms with Gasteiger partial charge in [0, 0.05) is 13.0 Å². The van der Waals surface area contributed by atoms with Gasteiger partial charge in [-0.1, -0.05) is 86.4 Å². The Kier molecular flexibility index (Phi) is 11.5. The number of hydrogen-bond acceptors (Lipinski definition) is 8. The molecule has 220 valence electrons. The van der Waals surface area contributed by atoms with Crippen LogP contribution in [-0.4, -0.2) is 48.2 Å². The van der Waals surface area contributed by atoms with Gasteiger partial charge in [0.15, 0.2) is 22.6 Å². The molecule has 1 amide bonds. The minimum absolute atomic E-state index is 0.240. The highest BCUT2D eigenvalue weighted by atomic mass is 32.2. The molecule has 0 saturated carbocycles. The number of carbonyl (C=O) groups is 2. The number of ether oxygens (including phenoxy) is 4. The predicted molar refractivity (Wildman–Crippen MR) is 165 cm³/mol. The average molecular weight is 610 g/mol. The second-order valence-corrected chi connectivity index (χ2v) is 11.6. The highest BCUT2D eigenvalue weighted by Crippen LogP contribution is 2.36. The summed E-state index contributed by atoms with van der Waals surface area (Å²) in [6.45, 7) is 5.46. The number of halogens is 1. The van der Waals surface area contributed by atoms with Crippen molar-refractivity contribution in [2.75, 3.05) is 26.6 Å². The van der Waals surface area contributed by atoms with E-state index < -0.39 is 6.10 Å². The van der Waals surface area contributed by atoms with Crippen LogP contribution >= 0.6 is 24.0 Å². The zero-order valence-electron chi connectivity index (χ0n) is 23.4. The Hall–Kier alpha value is -3.73. The average Bonchev–Trinajstić information content (AvgIpc) is 3.24. The lowest BCUT2D eigenvalue weighted by atomic mass is 10.1. The fraction of sp³-hybridized carbons (Fsp3) is 0.281. The number of nitrogens with zero attached hydrogens (tertiary/aromatic N) is 1. The minimum atomic E-state index is -0.418. The second kappa shape index (κ2) is 15.5. The Balaban J connectivity index is 1.60. The fourth-order valence-corrected chi connectivity index (χ4v) is 5.28. The maximum absolute atomic E-state index is 13.3. The van der Waals surface area contributed by atoms with E-state index in [0.717, 1.165) is 22.9 Å². The molecular formula is C32H32FNO6S2. The molecule has 0 spiro atoms. The van der Waals surface area contributed by atoms with E-state index in [1.54, 1.807) is 30.3 Å². The second-order valence-electron chi connectivity index (χ2n) is 9.88. The smallest absolute Gasteiger partial charge is 0.294 e. The van der Waals surface area contributed by atoms with Gasteiger partial charge in [0.05, 0.1) is 18.1 Å². The van der Waals surface area contributed by atoms with Gasteiger partial charge in [0.1, 0.15) is 11.9 Å². The van der Waals surface area contributed by atoms with Gasteiger partial charge in [-0.25, -0.2) is 4.39 Å². The molecule has 1 fully saturated rings. The van der Waals surface area contributed by atoms with E-state index in [9.17, 15) is 14.0 Å². The van der Waals surface area contributed by atoms with Gasteiger partial charge < -0.3 is 18.9 Å². The van der Waals surface area contributed by atoms with Crippen LogP contribution < -0.4 is 9.47 Å². The molecule has 3 aromatic rings. The van der Waals surface area contributed by atoms with Crippen LogP contribution in [0.15, 0.2) is 77.7 Å². The Morgan fingerprint density at radius 2 is 1.76 bits per heavy atom. The van der Waals surface area contributed by atoms with Crippen molar-refractivity contribution in [3.05, 3.63) is 100 Å². The highest BCUT2D eigenvalue weighted by molar-refractivity contribution is 8.26. The van der Waals surface area contributed by atoms with Gasteiger partial charge >= 0.3 is 0 Å². The van der Waals surface area contributed by atoms with E-state index >= 15 is 0 Å². The van der Waals surface area contributed by atoms with Crippen molar-refractivity contribution in [1.82, 2.24) is 4.90 Å². The van der Waals surface area contributed by atoms with Crippen LogP contribution in [0.25, 0.3) is 6.08 Å². The van der Waals surface area contributed by atoms with Crippen LogP contribution in [0.4, 0.5) is 4.39 Å². The lowest BCUT2D eigenvalue weighted by Crippen LogP contribution is -2.30. The van der Waals surface area contributed by atoms with Gasteiger partial charge in [-0.05, 0) is 52.9 Å². The number of benzene rings is 3. The van der Waals surface area contributed by atoms with Crippen LogP contribution in [0.1, 0.15) is 36.6 Å². The third-order valence-electron chi connectivity index (χ3n) is 6.13. The molecule has 1 aliphatic heterocycles. The Morgan fingerprint density at radius 3 is 2.48 bits per heavy atom. The van der Waals surface area contributed by atoms with Gasteiger partial charge in [-0.15, -0.1) is 0 Å². The summed E-state index contributed by atoms with van der Waals surface area (Å²) in [5.74, 6) is 0.727. The third kappa shape index (κ3) is 8.88. The molecule has 3 aromatic carbocycles. The number of thioether (sulfide) groups is 1. The van der Waals surface area contributed by atoms with Crippen LogP contribution in [-0.2, 0) is 25.5 Å². The van der Waals surface area contributed by atoms with Crippen LogP contribution in [0.3, 0.4) is 0 Å². The third-order valence-corrected chi connectivity index (χ3v) is 7.51. The summed E-state index contributed by atoms with van der Waals surface area (Å²) in [6.07, 6.45) is 1.87. The lowest BCUT2D eigenvalue weighted by Gasteiger charge is -2.22. The number of carbonyl (C=O) groups excluding carboxylic acids is 2. The number of amides is 1. The first-order valence-electron chi connectivity index (χ1n) is 13.4. The summed E-state index contributed by atoms with van der Waals surface area (Å²) in [7, 11) is 0. The number of thiocarbonyl (C=S) groups is 1. The molecule has 1 aliphatic rings. The summed E-state index contributed by atoms with van der Waals surface area (Å²) >= 11 is 6.42. The summed E-state index contributed by atoms with van der Waals surface area (Å²) in [4.78, 5) is 25.1. The van der Waals surface area contributed by atoms with Crippen molar-refractivity contribution in [3.63, 3.8) is 0 Å². The van der Waals surface area contributed by atoms with Gasteiger partial charge in [-0.2, -0.15) is 0 Å². The van der Waals surface area contributed by atoms with E-state index in [2.05, 4.69) is 13.8 Å². The summed E-state index contributed by atoms with van der Waals surface area (Å²) in [6, 6.07) is 21.5. The molecule has 0 aromatic heterocycles. The summed E-state index contributed by atoms with van der Waals surface area (Å²) in [5.41, 5.74) is 2.59. The van der Waals surface area contributed by atoms with E-state index in [4.69, 9.17) is 31.2 Å². The van der Waals surface area contributed by atoms with E-state index in [-0.39, 0.29) is 24.9 Å². The van der Waals surface area contributed by atoms with Crippen molar-refractivity contribution < 1.29 is 32.9 Å². The standard InChI is InChI=1S/C32H32FNO6S2/c1-22(2)18-37-19-29(25-6-4-3-5-7-25)40-28-16-24(17-30-31(36)34(20-38-21-35)32(41)42-30)10-13-27(28)39-15-14-23-8-11-26(33)12-9-23/h3-13,16-17,21-22,29H,14-15,18-20H2,1-2H3/b30-17-. The first kappa shape index (κ1) is 31.2. The number of rotatable bonds is 15. The van der Waals surface area contributed by atoms with Crippen LogP contribution in [0, 0.1) is 11.7 Å². The molecule has 10 heteroatoms. The van der Waals surface area contributed by atoms with Crippen molar-refractivity contribution >= 4 is 46.8 Å². The zero-order valence-corrected chi connectivity index (χ0v) is 25.0. The van der Waals surface area contributed by atoms with Crippen molar-refractivity contribution in [3.8, 4) is 11.5 Å². The van der Waals surface area contributed by atoms with Crippen molar-refractivity contribution in [2.45, 2.75) is 26.4 Å². The molecule has 0 radical (unpaired) electrons. The van der Waals surface area contributed by atoms with E-state index in [1.165, 1.54) is 17.0 Å². The Labute approximate surface area is 254 Å². The van der Waals surface area contributed by atoms with Gasteiger partial charge in [0.2, 0.25) is 0 Å². The molecule has 1 atom stereocenters. The molecule has 7 nitrogen and oxygen atoms in total. The molecule has 42 heavy (non-hydrogen) atoms.